The molecule has 2 aromatic carbocycles. The minimum atomic E-state index is -2.44. The van der Waals surface area contributed by atoms with E-state index >= 15 is 0 Å². The van der Waals surface area contributed by atoms with Crippen molar-refractivity contribution in [2.45, 2.75) is 139 Å². The standard InChI is InChI=1S/C39H65O6P/c1-34(2,3)28-18-26(32(30(20-28)36(7,8)9)43-23-38(13,14)22-40)17-27-19-29(35(4,5)6)21-31(37(10,11)12)33(27)44-24-39(15,16)25-45-46(41)42/h18-21,40-42H,17,22-25H2,1-16H3. The molecule has 0 amide bonds. The SMILES string of the molecule is CC(C)(CO)COc1c(Cc2cc(C(C)(C)C)cc(C(C)(C)C)c2OCC(C)(C)COP(O)O)cc(C(C)(C)C)cc1C(C)(C)C. The zero-order valence-corrected chi connectivity index (χ0v) is 32.8. The van der Waals surface area contributed by atoms with Crippen LogP contribution in [0.15, 0.2) is 24.3 Å². The van der Waals surface area contributed by atoms with Crippen molar-refractivity contribution in [1.82, 2.24) is 0 Å². The maximum absolute atomic E-state index is 10.1. The Morgan fingerprint density at radius 3 is 1.20 bits per heavy atom. The summed E-state index contributed by atoms with van der Waals surface area (Å²) < 4.78 is 18.7. The van der Waals surface area contributed by atoms with Crippen LogP contribution in [0.25, 0.3) is 0 Å². The lowest BCUT2D eigenvalue weighted by atomic mass is 9.76. The average Bonchev–Trinajstić information content (AvgIpc) is 2.87. The highest BCUT2D eigenvalue weighted by Crippen LogP contribution is 2.44. The van der Waals surface area contributed by atoms with E-state index in [-0.39, 0.29) is 34.9 Å². The van der Waals surface area contributed by atoms with E-state index in [2.05, 4.69) is 107 Å². The summed E-state index contributed by atoms with van der Waals surface area (Å²) in [6.07, 6.45) is 0.597. The van der Waals surface area contributed by atoms with Gasteiger partial charge in [-0.05, 0) is 43.9 Å². The Morgan fingerprint density at radius 2 is 0.891 bits per heavy atom. The molecule has 0 spiro atoms. The van der Waals surface area contributed by atoms with Gasteiger partial charge in [-0.1, -0.05) is 135 Å². The largest absolute Gasteiger partial charge is 0.492 e. The summed E-state index contributed by atoms with van der Waals surface area (Å²) in [7, 11) is -2.44. The third kappa shape index (κ3) is 11.5. The monoisotopic (exact) mass is 660 g/mol. The Labute approximate surface area is 282 Å². The van der Waals surface area contributed by atoms with Gasteiger partial charge < -0.3 is 28.9 Å². The van der Waals surface area contributed by atoms with Crippen LogP contribution in [-0.2, 0) is 32.6 Å². The molecule has 0 fully saturated rings. The Balaban J connectivity index is 2.94. The highest BCUT2D eigenvalue weighted by atomic mass is 31.2. The number of aliphatic hydroxyl groups excluding tert-OH is 1. The molecule has 0 saturated carbocycles. The highest BCUT2D eigenvalue weighted by Gasteiger charge is 2.32. The third-order valence-electron chi connectivity index (χ3n) is 8.27. The predicted molar refractivity (Wildman–Crippen MR) is 193 cm³/mol. The highest BCUT2D eigenvalue weighted by molar-refractivity contribution is 7.39. The maximum atomic E-state index is 10.1. The van der Waals surface area contributed by atoms with E-state index in [1.165, 1.54) is 11.1 Å². The van der Waals surface area contributed by atoms with Crippen LogP contribution in [0.1, 0.15) is 144 Å². The van der Waals surface area contributed by atoms with Gasteiger partial charge >= 0.3 is 8.60 Å². The van der Waals surface area contributed by atoms with Crippen LogP contribution in [0.4, 0.5) is 0 Å². The van der Waals surface area contributed by atoms with Crippen LogP contribution < -0.4 is 9.47 Å². The number of benzene rings is 2. The van der Waals surface area contributed by atoms with Crippen molar-refractivity contribution >= 4 is 8.60 Å². The second-order valence-electron chi connectivity index (χ2n) is 18.8. The first kappa shape index (κ1) is 40.5. The normalized spacial score (nSPS) is 13.8. The first-order chi connectivity index (χ1) is 20.6. The molecule has 0 unspecified atom stereocenters. The second-order valence-corrected chi connectivity index (χ2v) is 19.6. The number of aliphatic hydroxyl groups is 1. The molecule has 0 saturated heterocycles. The van der Waals surface area contributed by atoms with Crippen molar-refractivity contribution in [3.63, 3.8) is 0 Å². The maximum Gasteiger partial charge on any atom is 0.327 e. The molecule has 46 heavy (non-hydrogen) atoms. The fourth-order valence-corrected chi connectivity index (χ4v) is 5.49. The van der Waals surface area contributed by atoms with E-state index in [0.29, 0.717) is 19.6 Å². The molecule has 0 aromatic heterocycles. The van der Waals surface area contributed by atoms with Crippen molar-refractivity contribution in [3.8, 4) is 11.5 Å². The van der Waals surface area contributed by atoms with E-state index < -0.39 is 19.4 Å². The van der Waals surface area contributed by atoms with Crippen LogP contribution >= 0.6 is 8.60 Å². The minimum Gasteiger partial charge on any atom is -0.492 e. The van der Waals surface area contributed by atoms with Crippen molar-refractivity contribution in [2.24, 2.45) is 10.8 Å². The lowest BCUT2D eigenvalue weighted by Gasteiger charge is -2.33. The van der Waals surface area contributed by atoms with Gasteiger partial charge in [0.2, 0.25) is 0 Å². The van der Waals surface area contributed by atoms with Crippen molar-refractivity contribution < 1.29 is 28.9 Å². The molecule has 3 N–H and O–H groups in total. The van der Waals surface area contributed by atoms with Crippen molar-refractivity contribution in [3.05, 3.63) is 57.6 Å². The van der Waals surface area contributed by atoms with E-state index in [0.717, 1.165) is 33.8 Å². The summed E-state index contributed by atoms with van der Waals surface area (Å²) in [5, 5.41) is 10.1. The lowest BCUT2D eigenvalue weighted by Crippen LogP contribution is -2.28. The summed E-state index contributed by atoms with van der Waals surface area (Å²) in [6.45, 7) is 35.7. The van der Waals surface area contributed by atoms with Gasteiger partial charge in [0.05, 0.1) is 26.4 Å². The van der Waals surface area contributed by atoms with Crippen molar-refractivity contribution in [1.29, 1.82) is 0 Å². The topological polar surface area (TPSA) is 88.4 Å². The van der Waals surface area contributed by atoms with E-state index in [1.807, 2.05) is 27.7 Å². The summed E-state index contributed by atoms with van der Waals surface area (Å²) >= 11 is 0. The molecule has 0 aliphatic heterocycles. The summed E-state index contributed by atoms with van der Waals surface area (Å²) in [5.74, 6) is 1.73. The molecular weight excluding hydrogens is 595 g/mol. The minimum absolute atomic E-state index is 0.0296. The van der Waals surface area contributed by atoms with Gasteiger partial charge in [-0.25, -0.2) is 0 Å². The van der Waals surface area contributed by atoms with Gasteiger partial charge in [-0.2, -0.15) is 0 Å². The molecular formula is C39H65O6P. The summed E-state index contributed by atoms with van der Waals surface area (Å²) in [5.41, 5.74) is 5.53. The zero-order valence-electron chi connectivity index (χ0n) is 31.9. The van der Waals surface area contributed by atoms with Gasteiger partial charge in [-0.15, -0.1) is 0 Å². The number of hydrogen-bond acceptors (Lipinski definition) is 6. The molecule has 0 aliphatic rings. The fourth-order valence-electron chi connectivity index (χ4n) is 5.02. The summed E-state index contributed by atoms with van der Waals surface area (Å²) in [6, 6.07) is 9.17. The number of rotatable bonds is 12. The van der Waals surface area contributed by atoms with Gasteiger partial charge in [0, 0.05) is 28.4 Å². The van der Waals surface area contributed by atoms with Gasteiger partial charge in [0.15, 0.2) is 0 Å². The smallest absolute Gasteiger partial charge is 0.327 e. The fraction of sp³-hybridized carbons (Fsp3) is 0.692. The zero-order chi connectivity index (χ0) is 35.7. The lowest BCUT2D eigenvalue weighted by molar-refractivity contribution is 0.0959. The van der Waals surface area contributed by atoms with Crippen LogP contribution in [0.3, 0.4) is 0 Å². The van der Waals surface area contributed by atoms with E-state index in [1.54, 1.807) is 0 Å². The molecule has 2 rings (SSSR count). The molecule has 0 bridgehead atoms. The van der Waals surface area contributed by atoms with Crippen molar-refractivity contribution in [2.75, 3.05) is 26.4 Å². The molecule has 262 valence electrons. The molecule has 7 heteroatoms. The van der Waals surface area contributed by atoms with Crippen LogP contribution in [-0.4, -0.2) is 41.3 Å². The first-order valence-electron chi connectivity index (χ1n) is 16.6. The van der Waals surface area contributed by atoms with Gasteiger partial charge in [-0.3, -0.25) is 0 Å². The van der Waals surface area contributed by atoms with Crippen LogP contribution in [0.2, 0.25) is 0 Å². The second kappa shape index (κ2) is 14.4. The van der Waals surface area contributed by atoms with Gasteiger partial charge in [0.1, 0.15) is 11.5 Å². The average molecular weight is 661 g/mol. The quantitative estimate of drug-likeness (QED) is 0.197. The van der Waals surface area contributed by atoms with Crippen LogP contribution in [0.5, 0.6) is 11.5 Å². The molecule has 2 aromatic rings. The van der Waals surface area contributed by atoms with Crippen LogP contribution in [0, 0.1) is 10.8 Å². The molecule has 0 atom stereocenters. The molecule has 6 nitrogen and oxygen atoms in total. The number of ether oxygens (including phenoxy) is 2. The Bertz CT molecular complexity index is 1310. The van der Waals surface area contributed by atoms with E-state index in [4.69, 9.17) is 14.0 Å². The van der Waals surface area contributed by atoms with E-state index in [9.17, 15) is 14.9 Å². The molecule has 0 radical (unpaired) electrons. The third-order valence-corrected chi connectivity index (χ3v) is 8.63. The Kier molecular flexibility index (Phi) is 12.7. The molecule has 0 aliphatic carbocycles. The van der Waals surface area contributed by atoms with Gasteiger partial charge in [0.25, 0.3) is 0 Å². The number of hydrogen-bond donors (Lipinski definition) is 3. The summed E-state index contributed by atoms with van der Waals surface area (Å²) in [4.78, 5) is 18.8. The Hall–Kier alpha value is -1.69. The molecule has 0 heterocycles. The predicted octanol–water partition coefficient (Wildman–Crippen LogP) is 9.50. The Morgan fingerprint density at radius 1 is 0.522 bits per heavy atom. The first-order valence-corrected chi connectivity index (χ1v) is 17.8.